The van der Waals surface area contributed by atoms with E-state index in [9.17, 15) is 14.9 Å². The van der Waals surface area contributed by atoms with Crippen LogP contribution in [-0.2, 0) is 6.42 Å². The molecule has 1 heterocycles. The summed E-state index contributed by atoms with van der Waals surface area (Å²) in [6, 6.07) is 13.6. The van der Waals surface area contributed by atoms with Crippen molar-refractivity contribution in [2.75, 3.05) is 31.1 Å². The van der Waals surface area contributed by atoms with Gasteiger partial charge in [0, 0.05) is 42.3 Å². The lowest BCUT2D eigenvalue weighted by molar-refractivity contribution is 0.0672. The average molecular weight is 499 g/mol. The van der Waals surface area contributed by atoms with Crippen molar-refractivity contribution in [2.24, 2.45) is 0 Å². The number of carboxylic acid groups (broad SMARTS) is 1. The summed E-state index contributed by atoms with van der Waals surface area (Å²) in [6.07, 6.45) is 0.180. The van der Waals surface area contributed by atoms with E-state index in [1.165, 1.54) is 0 Å². The minimum Gasteiger partial charge on any atom is -0.465 e. The van der Waals surface area contributed by atoms with E-state index in [1.807, 2.05) is 55.1 Å². The zero-order valence-electron chi connectivity index (χ0n) is 18.3. The molecule has 1 aliphatic heterocycles. The summed E-state index contributed by atoms with van der Waals surface area (Å²) in [5, 5.41) is 20.6. The Morgan fingerprint density at radius 3 is 2.72 bits per heavy atom. The molecule has 168 valence electrons. The lowest BCUT2D eigenvalue weighted by Crippen LogP contribution is -2.54. The minimum atomic E-state index is -1.04. The monoisotopic (exact) mass is 498 g/mol. The number of piperazine rings is 1. The number of carbonyl (C=O) groups is 2. The van der Waals surface area contributed by atoms with Crippen LogP contribution in [0.1, 0.15) is 40.4 Å². The Bertz CT molecular complexity index is 1050. The van der Waals surface area contributed by atoms with Crippen LogP contribution in [0.5, 0.6) is 0 Å². The number of nitriles is 1. The fourth-order valence-corrected chi connectivity index (χ4v) is 4.44. The van der Waals surface area contributed by atoms with Gasteiger partial charge in [-0.2, -0.15) is 5.26 Å². The SMILES string of the molecule is Cc1cc(CCCNC(=O)O)c(C(=O)N2CCN(c3ccccc3C#N)C[C@@H]2C)cc1Br. The van der Waals surface area contributed by atoms with Crippen LogP contribution in [0.15, 0.2) is 40.9 Å². The fourth-order valence-electron chi connectivity index (χ4n) is 4.10. The molecule has 3 rings (SSSR count). The van der Waals surface area contributed by atoms with E-state index in [2.05, 4.69) is 32.2 Å². The van der Waals surface area contributed by atoms with E-state index in [-0.39, 0.29) is 11.9 Å². The molecule has 0 aliphatic carbocycles. The second-order valence-electron chi connectivity index (χ2n) is 8.02. The molecule has 2 aromatic rings. The number of amides is 2. The Balaban J connectivity index is 1.76. The van der Waals surface area contributed by atoms with Crippen molar-refractivity contribution < 1.29 is 14.7 Å². The molecule has 1 aliphatic rings. The van der Waals surface area contributed by atoms with E-state index >= 15 is 0 Å². The topological polar surface area (TPSA) is 96.7 Å². The maximum absolute atomic E-state index is 13.5. The summed E-state index contributed by atoms with van der Waals surface area (Å²) in [7, 11) is 0. The first-order valence-corrected chi connectivity index (χ1v) is 11.4. The van der Waals surface area contributed by atoms with Crippen molar-refractivity contribution in [3.63, 3.8) is 0 Å². The van der Waals surface area contributed by atoms with Crippen molar-refractivity contribution in [2.45, 2.75) is 32.7 Å². The highest BCUT2D eigenvalue weighted by atomic mass is 79.9. The van der Waals surface area contributed by atoms with Gasteiger partial charge in [0.15, 0.2) is 0 Å². The molecular formula is C24H27BrN4O3. The fraction of sp³-hybridized carbons (Fsp3) is 0.375. The van der Waals surface area contributed by atoms with Crippen LogP contribution in [0.25, 0.3) is 0 Å². The van der Waals surface area contributed by atoms with E-state index in [0.29, 0.717) is 50.1 Å². The van der Waals surface area contributed by atoms with Gasteiger partial charge in [-0.25, -0.2) is 4.79 Å². The van der Waals surface area contributed by atoms with Crippen LogP contribution in [0.3, 0.4) is 0 Å². The van der Waals surface area contributed by atoms with Gasteiger partial charge in [-0.15, -0.1) is 0 Å². The number of hydrogen-bond donors (Lipinski definition) is 2. The van der Waals surface area contributed by atoms with Crippen molar-refractivity contribution in [1.29, 1.82) is 5.26 Å². The second-order valence-corrected chi connectivity index (χ2v) is 8.87. The van der Waals surface area contributed by atoms with Crippen LogP contribution in [-0.4, -0.2) is 54.2 Å². The Morgan fingerprint density at radius 2 is 2.03 bits per heavy atom. The molecule has 32 heavy (non-hydrogen) atoms. The molecule has 0 aromatic heterocycles. The first-order valence-electron chi connectivity index (χ1n) is 10.6. The number of hydrogen-bond acceptors (Lipinski definition) is 4. The van der Waals surface area contributed by atoms with E-state index < -0.39 is 6.09 Å². The second kappa shape index (κ2) is 10.5. The van der Waals surface area contributed by atoms with Crippen molar-refractivity contribution in [1.82, 2.24) is 10.2 Å². The molecule has 1 saturated heterocycles. The quantitative estimate of drug-likeness (QED) is 0.582. The highest BCUT2D eigenvalue weighted by molar-refractivity contribution is 9.10. The number of aryl methyl sites for hydroxylation is 2. The number of carbonyl (C=O) groups excluding carboxylic acids is 1. The largest absolute Gasteiger partial charge is 0.465 e. The predicted octanol–water partition coefficient (Wildman–Crippen LogP) is 4.18. The number of nitrogens with zero attached hydrogens (tertiary/aromatic N) is 3. The molecule has 0 unspecified atom stereocenters. The summed E-state index contributed by atoms with van der Waals surface area (Å²) < 4.78 is 0.877. The van der Waals surface area contributed by atoms with Crippen LogP contribution in [0.4, 0.5) is 10.5 Å². The lowest BCUT2D eigenvalue weighted by Gasteiger charge is -2.41. The zero-order chi connectivity index (χ0) is 23.3. The number of benzene rings is 2. The number of rotatable bonds is 6. The minimum absolute atomic E-state index is 0.0207. The molecule has 0 spiro atoms. The van der Waals surface area contributed by atoms with E-state index in [0.717, 1.165) is 21.3 Å². The number of para-hydroxylation sites is 1. The number of halogens is 1. The molecule has 7 nitrogen and oxygen atoms in total. The van der Waals surface area contributed by atoms with Crippen LogP contribution >= 0.6 is 15.9 Å². The average Bonchev–Trinajstić information content (AvgIpc) is 2.78. The molecule has 0 saturated carbocycles. The van der Waals surface area contributed by atoms with Gasteiger partial charge in [-0.3, -0.25) is 4.79 Å². The van der Waals surface area contributed by atoms with Gasteiger partial charge in [0.05, 0.1) is 11.3 Å². The van der Waals surface area contributed by atoms with Crippen molar-refractivity contribution >= 4 is 33.6 Å². The summed E-state index contributed by atoms with van der Waals surface area (Å²) >= 11 is 3.54. The van der Waals surface area contributed by atoms with Crippen LogP contribution < -0.4 is 10.2 Å². The molecule has 8 heteroatoms. The molecule has 2 aromatic carbocycles. The first kappa shape index (κ1) is 23.6. The molecule has 0 bridgehead atoms. The standard InChI is InChI=1S/C24H27BrN4O3/c1-16-12-18(7-5-9-27-24(31)32)20(13-21(16)25)23(30)29-11-10-28(15-17(29)2)22-8-4-3-6-19(22)14-26/h3-4,6,8,12-13,17,27H,5,7,9-11,15H2,1-2H3,(H,31,32)/t17-/m0/s1. The predicted molar refractivity (Wildman–Crippen MR) is 127 cm³/mol. The van der Waals surface area contributed by atoms with Crippen LogP contribution in [0.2, 0.25) is 0 Å². The zero-order valence-corrected chi connectivity index (χ0v) is 19.9. The van der Waals surface area contributed by atoms with Crippen LogP contribution in [0, 0.1) is 18.3 Å². The third kappa shape index (κ3) is 5.40. The molecular weight excluding hydrogens is 472 g/mol. The smallest absolute Gasteiger partial charge is 0.404 e. The Hall–Kier alpha value is -3.05. The van der Waals surface area contributed by atoms with Crippen molar-refractivity contribution in [3.8, 4) is 6.07 Å². The van der Waals surface area contributed by atoms with Gasteiger partial charge in [-0.05, 0) is 56.0 Å². The number of nitrogens with one attached hydrogen (secondary N) is 1. The van der Waals surface area contributed by atoms with Crippen molar-refractivity contribution in [3.05, 3.63) is 63.1 Å². The molecule has 0 radical (unpaired) electrons. The summed E-state index contributed by atoms with van der Waals surface area (Å²) in [6.45, 7) is 6.20. The van der Waals surface area contributed by atoms with Gasteiger partial charge in [0.2, 0.25) is 0 Å². The molecule has 2 N–H and O–H groups in total. The summed E-state index contributed by atoms with van der Waals surface area (Å²) in [4.78, 5) is 28.3. The Morgan fingerprint density at radius 1 is 1.28 bits per heavy atom. The Kier molecular flexibility index (Phi) is 7.75. The highest BCUT2D eigenvalue weighted by Crippen LogP contribution is 2.27. The maximum atomic E-state index is 13.5. The van der Waals surface area contributed by atoms with E-state index in [1.54, 1.807) is 0 Å². The van der Waals surface area contributed by atoms with Gasteiger partial charge in [0.1, 0.15) is 6.07 Å². The maximum Gasteiger partial charge on any atom is 0.404 e. The molecule has 2 amide bonds. The normalized spacial score (nSPS) is 15.9. The van der Waals surface area contributed by atoms with E-state index in [4.69, 9.17) is 5.11 Å². The van der Waals surface area contributed by atoms with Gasteiger partial charge in [-0.1, -0.05) is 34.1 Å². The Labute approximate surface area is 196 Å². The lowest BCUT2D eigenvalue weighted by atomic mass is 9.98. The highest BCUT2D eigenvalue weighted by Gasteiger charge is 2.30. The third-order valence-corrected chi connectivity index (χ3v) is 6.62. The van der Waals surface area contributed by atoms with Gasteiger partial charge >= 0.3 is 6.09 Å². The van der Waals surface area contributed by atoms with Gasteiger partial charge < -0.3 is 20.2 Å². The summed E-state index contributed by atoms with van der Waals surface area (Å²) in [5.74, 6) is -0.0207. The van der Waals surface area contributed by atoms with Gasteiger partial charge in [0.25, 0.3) is 5.91 Å². The number of anilines is 1. The summed E-state index contributed by atoms with van der Waals surface area (Å²) in [5.41, 5.74) is 4.15. The molecule has 1 atom stereocenters. The third-order valence-electron chi connectivity index (χ3n) is 5.77. The molecule has 1 fully saturated rings. The first-order chi connectivity index (χ1) is 15.3.